The minimum atomic E-state index is -3.89. The van der Waals surface area contributed by atoms with Gasteiger partial charge in [-0.25, -0.2) is 0 Å². The second kappa shape index (κ2) is 12.3. The Bertz CT molecular complexity index is 743. The van der Waals surface area contributed by atoms with Crippen LogP contribution in [0.15, 0.2) is 24.3 Å². The fourth-order valence-electron chi connectivity index (χ4n) is 3.40. The van der Waals surface area contributed by atoms with E-state index in [-0.39, 0.29) is 6.42 Å². The molecule has 0 aromatic heterocycles. The molecule has 0 spiro atoms. The average Bonchev–Trinajstić information content (AvgIpc) is 2.63. The third kappa shape index (κ3) is 10.4. The van der Waals surface area contributed by atoms with Gasteiger partial charge >= 0.3 is 10.2 Å². The third-order valence-corrected chi connectivity index (χ3v) is 6.62. The second-order valence-electron chi connectivity index (χ2n) is 9.04. The first-order chi connectivity index (χ1) is 13.9. The number of aryl methyl sites for hydroxylation is 1. The molecule has 172 valence electrons. The minimum absolute atomic E-state index is 0.350. The van der Waals surface area contributed by atoms with Crippen LogP contribution in [0, 0.1) is 0 Å². The molecule has 0 radical (unpaired) electrons. The first-order valence-corrected chi connectivity index (χ1v) is 12.2. The molecule has 0 aliphatic rings. The number of carboxylic acid groups (broad SMARTS) is 1. The van der Waals surface area contributed by atoms with Crippen molar-refractivity contribution in [3.05, 3.63) is 29.8 Å². The number of nitrogens with zero attached hydrogens (tertiary/aromatic N) is 2. The van der Waals surface area contributed by atoms with E-state index in [4.69, 9.17) is 0 Å². The molecular formula is C22H39N3O4S. The lowest BCUT2D eigenvalue weighted by atomic mass is 10.0. The van der Waals surface area contributed by atoms with Gasteiger partial charge in [-0.15, -0.1) is 0 Å². The van der Waals surface area contributed by atoms with Crippen molar-refractivity contribution in [1.82, 2.24) is 4.31 Å². The zero-order chi connectivity index (χ0) is 22.8. The molecule has 0 unspecified atom stereocenters. The Morgan fingerprint density at radius 2 is 1.63 bits per heavy atom. The third-order valence-electron chi connectivity index (χ3n) is 5.07. The second-order valence-corrected chi connectivity index (χ2v) is 10.8. The summed E-state index contributed by atoms with van der Waals surface area (Å²) in [5, 5.41) is 11.1. The Morgan fingerprint density at radius 1 is 1.07 bits per heavy atom. The number of carbonyl (C=O) groups is 1. The maximum absolute atomic E-state index is 12.8. The van der Waals surface area contributed by atoms with E-state index in [1.54, 1.807) is 12.1 Å². The van der Waals surface area contributed by atoms with Crippen LogP contribution < -0.4 is 9.83 Å². The quantitative estimate of drug-likeness (QED) is 0.334. The van der Waals surface area contributed by atoms with Crippen LogP contribution in [0.2, 0.25) is 0 Å². The minimum Gasteiger partial charge on any atom is -0.550 e. The standard InChI is InChI=1S/C22H39N3O4S/c1-6-7-8-9-10-11-12-19-13-15-20(16-14-19)23-30(28,29)24(2)21(17-22(26)27)18-25(3,4)5/h13-16,21,23H,6-12,17-18H2,1-5H3/t21-/m1/s1. The molecule has 8 heteroatoms. The van der Waals surface area contributed by atoms with E-state index in [1.165, 1.54) is 44.7 Å². The highest BCUT2D eigenvalue weighted by atomic mass is 32.2. The monoisotopic (exact) mass is 441 g/mol. The summed E-state index contributed by atoms with van der Waals surface area (Å²) in [6, 6.07) is 6.68. The number of likely N-dealkylation sites (N-methyl/N-ethyl adjacent to an activating group) is 2. The number of carbonyl (C=O) groups excluding carboxylic acids is 1. The van der Waals surface area contributed by atoms with E-state index < -0.39 is 22.2 Å². The molecule has 1 aromatic rings. The fraction of sp³-hybridized carbons (Fsp3) is 0.682. The molecule has 0 heterocycles. The van der Waals surface area contributed by atoms with Crippen molar-refractivity contribution < 1.29 is 22.8 Å². The van der Waals surface area contributed by atoms with Gasteiger partial charge in [0.05, 0.1) is 33.7 Å². The molecule has 1 aromatic carbocycles. The van der Waals surface area contributed by atoms with E-state index >= 15 is 0 Å². The van der Waals surface area contributed by atoms with E-state index in [9.17, 15) is 18.3 Å². The summed E-state index contributed by atoms with van der Waals surface area (Å²) in [7, 11) is 3.17. The van der Waals surface area contributed by atoms with Crippen LogP contribution >= 0.6 is 0 Å². The van der Waals surface area contributed by atoms with Gasteiger partial charge in [-0.2, -0.15) is 12.7 Å². The Hall–Kier alpha value is -1.64. The highest BCUT2D eigenvalue weighted by Crippen LogP contribution is 2.18. The largest absolute Gasteiger partial charge is 0.550 e. The predicted molar refractivity (Wildman–Crippen MR) is 120 cm³/mol. The lowest BCUT2D eigenvalue weighted by Gasteiger charge is -2.34. The van der Waals surface area contributed by atoms with Crippen molar-refractivity contribution in [2.75, 3.05) is 39.5 Å². The SMILES string of the molecule is CCCCCCCCc1ccc(NS(=O)(=O)N(C)[C@H](CC(=O)[O-])C[N+](C)(C)C)cc1. The Balaban J connectivity index is 2.69. The summed E-state index contributed by atoms with van der Waals surface area (Å²) in [5.74, 6) is -1.27. The maximum Gasteiger partial charge on any atom is 0.301 e. The smallest absolute Gasteiger partial charge is 0.301 e. The zero-order valence-corrected chi connectivity index (χ0v) is 20.0. The number of anilines is 1. The summed E-state index contributed by atoms with van der Waals surface area (Å²) >= 11 is 0. The van der Waals surface area contributed by atoms with Crippen molar-refractivity contribution in [2.45, 2.75) is 64.3 Å². The number of rotatable bonds is 15. The number of nitrogens with one attached hydrogen (secondary N) is 1. The van der Waals surface area contributed by atoms with Crippen molar-refractivity contribution in [2.24, 2.45) is 0 Å². The Morgan fingerprint density at radius 3 is 2.17 bits per heavy atom. The Kier molecular flexibility index (Phi) is 10.8. The molecule has 0 aliphatic heterocycles. The van der Waals surface area contributed by atoms with Crippen LogP contribution in [0.25, 0.3) is 0 Å². The van der Waals surface area contributed by atoms with Gasteiger partial charge in [-0.05, 0) is 30.5 Å². The van der Waals surface area contributed by atoms with Crippen LogP contribution in [0.1, 0.15) is 57.4 Å². The molecule has 30 heavy (non-hydrogen) atoms. The lowest BCUT2D eigenvalue weighted by Crippen LogP contribution is -2.52. The lowest BCUT2D eigenvalue weighted by molar-refractivity contribution is -0.872. The average molecular weight is 442 g/mol. The number of benzene rings is 1. The molecule has 0 fully saturated rings. The van der Waals surface area contributed by atoms with Crippen LogP contribution in [0.5, 0.6) is 0 Å². The van der Waals surface area contributed by atoms with Gasteiger partial charge in [-0.3, -0.25) is 4.72 Å². The fourth-order valence-corrected chi connectivity index (χ4v) is 4.51. The summed E-state index contributed by atoms with van der Waals surface area (Å²) in [4.78, 5) is 11.1. The first-order valence-electron chi connectivity index (χ1n) is 10.8. The van der Waals surface area contributed by atoms with Gasteiger partial charge in [0, 0.05) is 25.1 Å². The highest BCUT2D eigenvalue weighted by Gasteiger charge is 2.30. The molecule has 7 nitrogen and oxygen atoms in total. The van der Waals surface area contributed by atoms with Gasteiger partial charge < -0.3 is 14.4 Å². The van der Waals surface area contributed by atoms with Gasteiger partial charge in [0.2, 0.25) is 0 Å². The molecule has 0 saturated carbocycles. The van der Waals surface area contributed by atoms with E-state index in [0.717, 1.165) is 17.1 Å². The van der Waals surface area contributed by atoms with Gasteiger partial charge in [-0.1, -0.05) is 51.2 Å². The molecule has 0 amide bonds. The summed E-state index contributed by atoms with van der Waals surface area (Å²) < 4.78 is 29.7. The van der Waals surface area contributed by atoms with E-state index in [1.807, 2.05) is 33.3 Å². The summed E-state index contributed by atoms with van der Waals surface area (Å²) in [5.41, 5.74) is 1.65. The highest BCUT2D eigenvalue weighted by molar-refractivity contribution is 7.90. The molecule has 0 saturated heterocycles. The first kappa shape index (κ1) is 26.4. The van der Waals surface area contributed by atoms with E-state index in [2.05, 4.69) is 11.6 Å². The number of aliphatic carboxylic acids is 1. The Labute approximate surface area is 182 Å². The van der Waals surface area contributed by atoms with E-state index in [0.29, 0.717) is 16.7 Å². The van der Waals surface area contributed by atoms with Crippen molar-refractivity contribution in [1.29, 1.82) is 0 Å². The predicted octanol–water partition coefficient (Wildman–Crippen LogP) is 2.39. The summed E-state index contributed by atoms with van der Waals surface area (Å²) in [6.07, 6.45) is 8.06. The number of carboxylic acids is 1. The van der Waals surface area contributed by atoms with Crippen LogP contribution in [-0.4, -0.2) is 64.0 Å². The number of hydrogen-bond acceptors (Lipinski definition) is 4. The van der Waals surface area contributed by atoms with Gasteiger partial charge in [0.15, 0.2) is 0 Å². The molecule has 0 aliphatic carbocycles. The molecule has 1 rings (SSSR count). The normalized spacial score (nSPS) is 13.4. The topological polar surface area (TPSA) is 89.5 Å². The zero-order valence-electron chi connectivity index (χ0n) is 19.2. The molecular weight excluding hydrogens is 402 g/mol. The van der Waals surface area contributed by atoms with Crippen molar-refractivity contribution in [3.8, 4) is 0 Å². The van der Waals surface area contributed by atoms with Crippen molar-refractivity contribution in [3.63, 3.8) is 0 Å². The maximum atomic E-state index is 12.8. The molecule has 0 bridgehead atoms. The molecule has 1 N–H and O–H groups in total. The number of unbranched alkanes of at least 4 members (excludes halogenated alkanes) is 5. The van der Waals surface area contributed by atoms with Crippen LogP contribution in [-0.2, 0) is 21.4 Å². The molecule has 1 atom stereocenters. The number of quaternary nitrogens is 1. The van der Waals surface area contributed by atoms with Crippen LogP contribution in [0.3, 0.4) is 0 Å². The van der Waals surface area contributed by atoms with Crippen LogP contribution in [0.4, 0.5) is 5.69 Å². The van der Waals surface area contributed by atoms with Gasteiger partial charge in [0.25, 0.3) is 0 Å². The van der Waals surface area contributed by atoms with Gasteiger partial charge in [0.1, 0.15) is 0 Å². The summed E-state index contributed by atoms with van der Waals surface area (Å²) in [6.45, 7) is 2.56. The van der Waals surface area contributed by atoms with Crippen molar-refractivity contribution >= 4 is 21.9 Å². The number of hydrogen-bond donors (Lipinski definition) is 1.